The van der Waals surface area contributed by atoms with Crippen LogP contribution in [0.2, 0.25) is 5.02 Å². The maximum absolute atomic E-state index is 13.3. The second-order valence-electron chi connectivity index (χ2n) is 10.7. The molecule has 0 amide bonds. The molecule has 1 fully saturated rings. The Morgan fingerprint density at radius 2 is 1.91 bits per heavy atom. The molecule has 236 valence electrons. The Kier molecular flexibility index (Phi) is 8.37. The molecule has 3 N–H and O–H groups in total. The van der Waals surface area contributed by atoms with Gasteiger partial charge in [-0.1, -0.05) is 29.8 Å². The Morgan fingerprint density at radius 3 is 2.64 bits per heavy atom. The molecule has 1 aliphatic rings. The predicted molar refractivity (Wildman–Crippen MR) is 168 cm³/mol. The van der Waals surface area contributed by atoms with E-state index in [1.54, 1.807) is 61.4 Å². The van der Waals surface area contributed by atoms with Crippen LogP contribution < -0.4 is 15.2 Å². The Bertz CT molecular complexity index is 1980. The minimum absolute atomic E-state index is 0.00317. The van der Waals surface area contributed by atoms with Crippen LogP contribution in [0.5, 0.6) is 5.75 Å². The number of sulfonamides is 1. The fraction of sp³-hybridized carbons (Fsp3) is 0.300. The monoisotopic (exact) mass is 657 g/mol. The molecule has 6 rings (SSSR count). The average Bonchev–Trinajstić information content (AvgIpc) is 3.65. The Balaban J connectivity index is 1.43. The number of aryl methyl sites for hydroxylation is 1. The van der Waals surface area contributed by atoms with E-state index < -0.39 is 21.9 Å². The van der Waals surface area contributed by atoms with E-state index in [0.29, 0.717) is 46.0 Å². The van der Waals surface area contributed by atoms with E-state index in [0.717, 1.165) is 24.0 Å². The summed E-state index contributed by atoms with van der Waals surface area (Å²) in [7, 11) is -3.21. The van der Waals surface area contributed by atoms with Gasteiger partial charge in [0.2, 0.25) is 0 Å². The molecule has 11 nitrogen and oxygen atoms in total. The number of nitrogens with zero attached hydrogens (tertiary/aromatic N) is 5. The first-order valence-corrected chi connectivity index (χ1v) is 16.0. The van der Waals surface area contributed by atoms with Crippen LogP contribution in [0.25, 0.3) is 33.3 Å². The molecule has 0 bridgehead atoms. The van der Waals surface area contributed by atoms with Crippen molar-refractivity contribution in [1.29, 1.82) is 0 Å². The maximum atomic E-state index is 13.3. The third kappa shape index (κ3) is 6.17. The van der Waals surface area contributed by atoms with Gasteiger partial charge in [-0.05, 0) is 49.6 Å². The largest absolute Gasteiger partial charge is 0.484 e. The minimum Gasteiger partial charge on any atom is -0.484 e. The number of pyridine rings is 1. The maximum Gasteiger partial charge on any atom is 0.355 e. The summed E-state index contributed by atoms with van der Waals surface area (Å²) in [5.41, 5.74) is 10.2. The number of fused-ring (bicyclic) bond motifs is 1. The van der Waals surface area contributed by atoms with Gasteiger partial charge in [0.05, 0.1) is 28.8 Å². The molecule has 5 aromatic rings. The van der Waals surface area contributed by atoms with Gasteiger partial charge in [0, 0.05) is 54.4 Å². The normalized spacial score (nSPS) is 15.1. The van der Waals surface area contributed by atoms with Crippen molar-refractivity contribution in [3.05, 3.63) is 71.6 Å². The molecule has 0 saturated carbocycles. The molecule has 3 aromatic heterocycles. The van der Waals surface area contributed by atoms with E-state index in [1.165, 1.54) is 12.1 Å². The molecule has 15 heteroatoms. The molecule has 4 heterocycles. The molecule has 0 spiro atoms. The van der Waals surface area contributed by atoms with E-state index in [2.05, 4.69) is 10.1 Å². The summed E-state index contributed by atoms with van der Waals surface area (Å²) in [5, 5.41) is 10.4. The molecular formula is C30H30ClF2N7O4S. The Morgan fingerprint density at radius 1 is 1.13 bits per heavy atom. The van der Waals surface area contributed by atoms with Gasteiger partial charge in [0.25, 0.3) is 10.0 Å². The van der Waals surface area contributed by atoms with Gasteiger partial charge < -0.3 is 15.2 Å². The molecule has 1 aliphatic heterocycles. The van der Waals surface area contributed by atoms with Crippen LogP contribution in [-0.2, 0) is 21.8 Å². The molecular weight excluding hydrogens is 628 g/mol. The molecule has 0 aliphatic carbocycles. The second-order valence-corrected chi connectivity index (χ2v) is 12.8. The molecule has 0 unspecified atom stereocenters. The number of anilines is 2. The fourth-order valence-corrected chi connectivity index (χ4v) is 6.21. The van der Waals surface area contributed by atoms with Gasteiger partial charge in [0.15, 0.2) is 0 Å². The molecule has 45 heavy (non-hydrogen) atoms. The SMILES string of the molecule is C[C@H](Oc1cc(-c2nn(C)c3c(-c4cnn(C5CCOCC5)c4)cnc(N)c23)ccc1NS(=O)(=O)C(F)F)c1cccc(Cl)c1. The van der Waals surface area contributed by atoms with Crippen LogP contribution in [0.15, 0.2) is 61.1 Å². The van der Waals surface area contributed by atoms with Crippen LogP contribution in [0.3, 0.4) is 0 Å². The Labute approximate surface area is 263 Å². The number of aromatic nitrogens is 5. The van der Waals surface area contributed by atoms with Crippen molar-refractivity contribution in [3.8, 4) is 28.1 Å². The molecule has 1 atom stereocenters. The molecule has 2 aromatic carbocycles. The first-order valence-electron chi connectivity index (χ1n) is 14.1. The van der Waals surface area contributed by atoms with E-state index in [4.69, 9.17) is 31.9 Å². The highest BCUT2D eigenvalue weighted by atomic mass is 35.5. The number of nitrogen functional groups attached to an aromatic ring is 1. The number of nitrogens with one attached hydrogen (secondary N) is 1. The molecule has 0 radical (unpaired) electrons. The summed E-state index contributed by atoms with van der Waals surface area (Å²) in [4.78, 5) is 4.46. The minimum atomic E-state index is -4.99. The van der Waals surface area contributed by atoms with Crippen molar-refractivity contribution in [3.63, 3.8) is 0 Å². The summed E-state index contributed by atoms with van der Waals surface area (Å²) in [6.45, 7) is 3.10. The number of benzene rings is 2. The summed E-state index contributed by atoms with van der Waals surface area (Å²) < 4.78 is 68.0. The van der Waals surface area contributed by atoms with Gasteiger partial charge >= 0.3 is 5.76 Å². The van der Waals surface area contributed by atoms with E-state index in [9.17, 15) is 17.2 Å². The number of alkyl halides is 2. The van der Waals surface area contributed by atoms with Gasteiger partial charge in [-0.3, -0.25) is 14.1 Å². The van der Waals surface area contributed by atoms with Gasteiger partial charge in [0.1, 0.15) is 23.4 Å². The number of ether oxygens (including phenoxy) is 2. The van der Waals surface area contributed by atoms with Crippen molar-refractivity contribution in [1.82, 2.24) is 24.5 Å². The second kappa shape index (κ2) is 12.3. The van der Waals surface area contributed by atoms with Crippen molar-refractivity contribution in [2.45, 2.75) is 37.7 Å². The van der Waals surface area contributed by atoms with Gasteiger partial charge in [-0.25, -0.2) is 13.4 Å². The summed E-state index contributed by atoms with van der Waals surface area (Å²) >= 11 is 6.15. The van der Waals surface area contributed by atoms with E-state index >= 15 is 0 Å². The number of rotatable bonds is 9. The predicted octanol–water partition coefficient (Wildman–Crippen LogP) is 6.19. The van der Waals surface area contributed by atoms with Crippen molar-refractivity contribution in [2.75, 3.05) is 23.7 Å². The quantitative estimate of drug-likeness (QED) is 0.191. The van der Waals surface area contributed by atoms with Crippen LogP contribution in [0.1, 0.15) is 37.5 Å². The standard InChI is InChI=1S/C30H30ClF2N7O4S/c1-17(18-4-3-5-21(31)12-18)44-25-13-19(6-7-24(25)38-45(41,42)30(32)33)27-26-28(39(2)37-27)23(15-35-29(26)34)20-14-36-40(16-20)22-8-10-43-11-9-22/h3-7,12-17,22,30,38H,8-11H2,1-2H3,(H2,34,35)/t17-/m0/s1. The summed E-state index contributed by atoms with van der Waals surface area (Å²) in [5.74, 6) is -3.41. The van der Waals surface area contributed by atoms with Crippen molar-refractivity contribution >= 4 is 44.0 Å². The highest BCUT2D eigenvalue weighted by Crippen LogP contribution is 2.40. The summed E-state index contributed by atoms with van der Waals surface area (Å²) in [6.07, 6.45) is 6.55. The van der Waals surface area contributed by atoms with Crippen LogP contribution in [0, 0.1) is 0 Å². The highest BCUT2D eigenvalue weighted by Gasteiger charge is 2.27. The number of hydrogen-bond donors (Lipinski definition) is 2. The van der Waals surface area contributed by atoms with Crippen LogP contribution in [0.4, 0.5) is 20.3 Å². The van der Waals surface area contributed by atoms with E-state index in [-0.39, 0.29) is 23.3 Å². The topological polar surface area (TPSA) is 139 Å². The molecule has 1 saturated heterocycles. The summed E-state index contributed by atoms with van der Waals surface area (Å²) in [6, 6.07) is 11.6. The smallest absolute Gasteiger partial charge is 0.355 e. The lowest BCUT2D eigenvalue weighted by atomic mass is 10.0. The third-order valence-electron chi connectivity index (χ3n) is 7.73. The zero-order valence-electron chi connectivity index (χ0n) is 24.3. The van der Waals surface area contributed by atoms with Crippen molar-refractivity contribution in [2.24, 2.45) is 7.05 Å². The van der Waals surface area contributed by atoms with E-state index in [1.807, 2.05) is 15.6 Å². The number of nitrogens with two attached hydrogens (primary N) is 1. The highest BCUT2D eigenvalue weighted by molar-refractivity contribution is 7.93. The van der Waals surface area contributed by atoms with Crippen LogP contribution in [-0.4, -0.2) is 51.9 Å². The zero-order chi connectivity index (χ0) is 31.9. The lowest BCUT2D eigenvalue weighted by molar-refractivity contribution is 0.0662. The first-order chi connectivity index (χ1) is 21.5. The zero-order valence-corrected chi connectivity index (χ0v) is 25.9. The Hall–Kier alpha value is -4.27. The fourth-order valence-electron chi connectivity index (χ4n) is 5.44. The lowest BCUT2D eigenvalue weighted by Gasteiger charge is -2.22. The van der Waals surface area contributed by atoms with Gasteiger partial charge in [-0.2, -0.15) is 19.0 Å². The van der Waals surface area contributed by atoms with Crippen molar-refractivity contribution < 1.29 is 26.7 Å². The van der Waals surface area contributed by atoms with Gasteiger partial charge in [-0.15, -0.1) is 0 Å². The average molecular weight is 658 g/mol. The number of halogens is 3. The lowest BCUT2D eigenvalue weighted by Crippen LogP contribution is -2.21. The first kappa shape index (κ1) is 30.7. The third-order valence-corrected chi connectivity index (χ3v) is 8.94. The van der Waals surface area contributed by atoms with Crippen LogP contribution >= 0.6 is 11.6 Å². The number of hydrogen-bond acceptors (Lipinski definition) is 8.